The number of hydrogen-bond acceptors (Lipinski definition) is 2. The van der Waals surface area contributed by atoms with E-state index in [1.54, 1.807) is 6.08 Å². The summed E-state index contributed by atoms with van der Waals surface area (Å²) in [5.41, 5.74) is 1.91. The molecule has 0 unspecified atom stereocenters. The van der Waals surface area contributed by atoms with E-state index in [0.717, 1.165) is 15.7 Å². The molecule has 0 N–H and O–H groups in total. The molecule has 0 aliphatic heterocycles. The first-order chi connectivity index (χ1) is 6.74. The van der Waals surface area contributed by atoms with Gasteiger partial charge < -0.3 is 4.84 Å². The Hall–Kier alpha value is -1.09. The van der Waals surface area contributed by atoms with Crippen molar-refractivity contribution in [2.75, 3.05) is 6.61 Å². The maximum atomic E-state index is 4.99. The van der Waals surface area contributed by atoms with Crippen LogP contribution >= 0.6 is 15.9 Å². The van der Waals surface area contributed by atoms with Crippen LogP contribution in [-0.4, -0.2) is 12.3 Å². The fourth-order valence-electron chi connectivity index (χ4n) is 0.931. The van der Waals surface area contributed by atoms with E-state index < -0.39 is 0 Å². The standard InChI is InChI=1S/C11H12BrNO/c1-3-8-14-13-9(2)10-4-6-11(12)7-5-10/h3-7H,1,8H2,2H3/b13-9+. The first-order valence-electron chi connectivity index (χ1n) is 4.27. The highest BCUT2D eigenvalue weighted by atomic mass is 79.9. The van der Waals surface area contributed by atoms with Crippen molar-refractivity contribution in [1.29, 1.82) is 0 Å². The molecule has 0 saturated carbocycles. The Morgan fingerprint density at radius 2 is 2.14 bits per heavy atom. The molecule has 0 heterocycles. The van der Waals surface area contributed by atoms with Gasteiger partial charge in [0.05, 0.1) is 5.71 Å². The van der Waals surface area contributed by atoms with Crippen molar-refractivity contribution >= 4 is 21.6 Å². The third kappa shape index (κ3) is 3.34. The summed E-state index contributed by atoms with van der Waals surface area (Å²) in [6.07, 6.45) is 1.67. The molecule has 0 aliphatic carbocycles. The lowest BCUT2D eigenvalue weighted by Crippen LogP contribution is -1.95. The molecule has 0 spiro atoms. The summed E-state index contributed by atoms with van der Waals surface area (Å²) in [6.45, 7) is 5.89. The Balaban J connectivity index is 2.68. The van der Waals surface area contributed by atoms with Gasteiger partial charge in [-0.15, -0.1) is 0 Å². The number of rotatable bonds is 4. The zero-order chi connectivity index (χ0) is 10.4. The van der Waals surface area contributed by atoms with Crippen molar-refractivity contribution in [3.8, 4) is 0 Å². The van der Waals surface area contributed by atoms with E-state index in [9.17, 15) is 0 Å². The van der Waals surface area contributed by atoms with E-state index in [1.165, 1.54) is 0 Å². The van der Waals surface area contributed by atoms with Crippen molar-refractivity contribution in [1.82, 2.24) is 0 Å². The molecular formula is C11H12BrNO. The lowest BCUT2D eigenvalue weighted by molar-refractivity contribution is 0.175. The lowest BCUT2D eigenvalue weighted by Gasteiger charge is -2.00. The monoisotopic (exact) mass is 253 g/mol. The highest BCUT2D eigenvalue weighted by Gasteiger charge is 1.96. The summed E-state index contributed by atoms with van der Waals surface area (Å²) in [6, 6.07) is 7.92. The van der Waals surface area contributed by atoms with Gasteiger partial charge in [-0.1, -0.05) is 45.9 Å². The van der Waals surface area contributed by atoms with Crippen molar-refractivity contribution in [3.63, 3.8) is 0 Å². The molecule has 3 heteroatoms. The second-order valence-electron chi connectivity index (χ2n) is 2.77. The van der Waals surface area contributed by atoms with Crippen molar-refractivity contribution < 1.29 is 4.84 Å². The smallest absolute Gasteiger partial charge is 0.135 e. The molecule has 1 rings (SSSR count). The van der Waals surface area contributed by atoms with Crippen LogP contribution in [0.1, 0.15) is 12.5 Å². The minimum Gasteiger partial charge on any atom is -0.391 e. The van der Waals surface area contributed by atoms with Gasteiger partial charge in [0.1, 0.15) is 6.61 Å². The summed E-state index contributed by atoms with van der Waals surface area (Å²) >= 11 is 3.37. The van der Waals surface area contributed by atoms with Gasteiger partial charge in [-0.3, -0.25) is 0 Å². The maximum absolute atomic E-state index is 4.99. The minimum atomic E-state index is 0.438. The van der Waals surface area contributed by atoms with Crippen LogP contribution in [-0.2, 0) is 4.84 Å². The topological polar surface area (TPSA) is 21.6 Å². The normalized spacial score (nSPS) is 11.1. The molecular weight excluding hydrogens is 242 g/mol. The summed E-state index contributed by atoms with van der Waals surface area (Å²) in [7, 11) is 0. The highest BCUT2D eigenvalue weighted by Crippen LogP contribution is 2.11. The predicted octanol–water partition coefficient (Wildman–Crippen LogP) is 3.38. The van der Waals surface area contributed by atoms with Crippen LogP contribution < -0.4 is 0 Å². The molecule has 1 aromatic rings. The van der Waals surface area contributed by atoms with E-state index >= 15 is 0 Å². The first kappa shape index (κ1) is 11.0. The lowest BCUT2D eigenvalue weighted by atomic mass is 10.1. The number of oxime groups is 1. The average Bonchev–Trinajstić information content (AvgIpc) is 2.19. The average molecular weight is 254 g/mol. The van der Waals surface area contributed by atoms with Crippen LogP contribution in [0.5, 0.6) is 0 Å². The predicted molar refractivity (Wildman–Crippen MR) is 62.5 cm³/mol. The van der Waals surface area contributed by atoms with Crippen molar-refractivity contribution in [3.05, 3.63) is 47.0 Å². The summed E-state index contributed by atoms with van der Waals surface area (Å²) < 4.78 is 1.06. The zero-order valence-corrected chi connectivity index (χ0v) is 9.62. The van der Waals surface area contributed by atoms with Gasteiger partial charge in [-0.2, -0.15) is 0 Å². The molecule has 2 nitrogen and oxygen atoms in total. The fraction of sp³-hybridized carbons (Fsp3) is 0.182. The molecule has 0 saturated heterocycles. The highest BCUT2D eigenvalue weighted by molar-refractivity contribution is 9.10. The molecule has 14 heavy (non-hydrogen) atoms. The first-order valence-corrected chi connectivity index (χ1v) is 5.06. The number of benzene rings is 1. The second kappa shape index (κ2) is 5.60. The Bertz CT molecular complexity index is 330. The largest absolute Gasteiger partial charge is 0.391 e. The summed E-state index contributed by atoms with van der Waals surface area (Å²) in [4.78, 5) is 4.99. The van der Waals surface area contributed by atoms with Gasteiger partial charge in [0.25, 0.3) is 0 Å². The van der Waals surface area contributed by atoms with Gasteiger partial charge in [-0.25, -0.2) is 0 Å². The molecule has 0 atom stereocenters. The number of hydrogen-bond donors (Lipinski definition) is 0. The van der Waals surface area contributed by atoms with Crippen LogP contribution in [0.25, 0.3) is 0 Å². The minimum absolute atomic E-state index is 0.438. The maximum Gasteiger partial charge on any atom is 0.135 e. The van der Waals surface area contributed by atoms with Gasteiger partial charge in [0, 0.05) is 4.47 Å². The number of halogens is 1. The van der Waals surface area contributed by atoms with Crippen molar-refractivity contribution in [2.45, 2.75) is 6.92 Å². The SMILES string of the molecule is C=CCO/N=C(\C)c1ccc(Br)cc1. The number of nitrogens with zero attached hydrogens (tertiary/aromatic N) is 1. The summed E-state index contributed by atoms with van der Waals surface area (Å²) in [5, 5.41) is 3.94. The van der Waals surface area contributed by atoms with Crippen LogP contribution in [0.4, 0.5) is 0 Å². The molecule has 0 aliphatic rings. The van der Waals surface area contributed by atoms with E-state index in [-0.39, 0.29) is 0 Å². The van der Waals surface area contributed by atoms with Crippen LogP contribution in [0.3, 0.4) is 0 Å². The van der Waals surface area contributed by atoms with Crippen molar-refractivity contribution in [2.24, 2.45) is 5.16 Å². The van der Waals surface area contributed by atoms with Crippen LogP contribution in [0.15, 0.2) is 46.5 Å². The van der Waals surface area contributed by atoms with Crippen LogP contribution in [0, 0.1) is 0 Å². The molecule has 0 bridgehead atoms. The van der Waals surface area contributed by atoms with Gasteiger partial charge >= 0.3 is 0 Å². The van der Waals surface area contributed by atoms with E-state index in [1.807, 2.05) is 31.2 Å². The summed E-state index contributed by atoms with van der Waals surface area (Å²) in [5.74, 6) is 0. The quantitative estimate of drug-likeness (QED) is 0.349. The van der Waals surface area contributed by atoms with E-state index in [0.29, 0.717) is 6.61 Å². The molecule has 0 aromatic heterocycles. The molecule has 0 fully saturated rings. The Morgan fingerprint density at radius 1 is 1.50 bits per heavy atom. The Morgan fingerprint density at radius 3 is 2.71 bits per heavy atom. The third-order valence-electron chi connectivity index (χ3n) is 1.66. The van der Waals surface area contributed by atoms with Crippen LogP contribution in [0.2, 0.25) is 0 Å². The Kier molecular flexibility index (Phi) is 4.40. The van der Waals surface area contributed by atoms with Gasteiger partial charge in [-0.05, 0) is 24.6 Å². The third-order valence-corrected chi connectivity index (χ3v) is 2.18. The van der Waals surface area contributed by atoms with Gasteiger partial charge in [0.15, 0.2) is 0 Å². The molecule has 0 radical (unpaired) electrons. The molecule has 1 aromatic carbocycles. The van der Waals surface area contributed by atoms with Gasteiger partial charge in [0.2, 0.25) is 0 Å². The van der Waals surface area contributed by atoms with E-state index in [4.69, 9.17) is 4.84 Å². The van der Waals surface area contributed by atoms with E-state index in [2.05, 4.69) is 27.7 Å². The molecule has 74 valence electrons. The second-order valence-corrected chi connectivity index (χ2v) is 3.68. The zero-order valence-electron chi connectivity index (χ0n) is 8.03. The molecule has 0 amide bonds. The Labute approximate surface area is 92.4 Å². The fourth-order valence-corrected chi connectivity index (χ4v) is 1.19.